The van der Waals surface area contributed by atoms with Crippen LogP contribution in [0, 0.1) is 20.8 Å². The highest BCUT2D eigenvalue weighted by atomic mass is 14.8. The molecule has 0 aromatic heterocycles. The summed E-state index contributed by atoms with van der Waals surface area (Å²) in [4.78, 5) is 13.7. The molecule has 2 aromatic rings. The highest BCUT2D eigenvalue weighted by Gasteiger charge is 2.06. The second kappa shape index (κ2) is 7.84. The van der Waals surface area contributed by atoms with Crippen LogP contribution in [0.3, 0.4) is 0 Å². The Bertz CT molecular complexity index is 848. The van der Waals surface area contributed by atoms with Gasteiger partial charge in [0.25, 0.3) is 0 Å². The van der Waals surface area contributed by atoms with Gasteiger partial charge < -0.3 is 0 Å². The van der Waals surface area contributed by atoms with Crippen molar-refractivity contribution in [2.45, 2.75) is 33.7 Å². The van der Waals surface area contributed by atoms with Crippen molar-refractivity contribution in [1.29, 1.82) is 0 Å². The monoisotopic (exact) mass is 329 g/mol. The molecule has 0 aliphatic carbocycles. The fraction of sp³-hybridized carbons (Fsp3) is 0.227. The molecule has 0 bridgehead atoms. The maximum absolute atomic E-state index is 4.65. The van der Waals surface area contributed by atoms with E-state index in [1.165, 1.54) is 22.3 Å². The van der Waals surface area contributed by atoms with Crippen LogP contribution in [0.25, 0.3) is 0 Å². The Morgan fingerprint density at radius 2 is 1.72 bits per heavy atom. The van der Waals surface area contributed by atoms with E-state index in [9.17, 15) is 0 Å². The minimum atomic E-state index is 0.686. The number of allylic oxidation sites excluding steroid dienone is 2. The van der Waals surface area contributed by atoms with Gasteiger partial charge in [0.05, 0.1) is 29.9 Å². The molecule has 0 saturated heterocycles. The van der Waals surface area contributed by atoms with E-state index in [0.717, 1.165) is 23.5 Å². The molecule has 3 rings (SSSR count). The third-order valence-corrected chi connectivity index (χ3v) is 4.11. The van der Waals surface area contributed by atoms with Gasteiger partial charge in [-0.15, -0.1) is 0 Å². The lowest BCUT2D eigenvalue weighted by Gasteiger charge is -2.06. The number of nitrogens with zero attached hydrogens (tertiary/aromatic N) is 3. The van der Waals surface area contributed by atoms with E-state index in [0.29, 0.717) is 6.54 Å². The van der Waals surface area contributed by atoms with Gasteiger partial charge in [-0.2, -0.15) is 0 Å². The van der Waals surface area contributed by atoms with Crippen molar-refractivity contribution >= 4 is 23.8 Å². The van der Waals surface area contributed by atoms with E-state index in [2.05, 4.69) is 66.1 Å². The molecule has 1 aliphatic heterocycles. The third kappa shape index (κ3) is 4.60. The molecule has 0 amide bonds. The Morgan fingerprint density at radius 1 is 1.00 bits per heavy atom. The molecule has 0 N–H and O–H groups in total. The van der Waals surface area contributed by atoms with Gasteiger partial charge in [-0.05, 0) is 37.5 Å². The van der Waals surface area contributed by atoms with E-state index in [-0.39, 0.29) is 0 Å². The summed E-state index contributed by atoms with van der Waals surface area (Å²) in [6, 6.07) is 14.6. The lowest BCUT2D eigenvalue weighted by atomic mass is 10.1. The minimum absolute atomic E-state index is 0.686. The van der Waals surface area contributed by atoms with E-state index >= 15 is 0 Å². The molecule has 0 atom stereocenters. The van der Waals surface area contributed by atoms with Gasteiger partial charge in [0, 0.05) is 12.6 Å². The zero-order chi connectivity index (χ0) is 17.6. The molecule has 2 aromatic carbocycles. The summed E-state index contributed by atoms with van der Waals surface area (Å²) in [7, 11) is 0. The molecule has 0 fully saturated rings. The molecule has 1 heterocycles. The Hall–Kier alpha value is -2.81. The Labute approximate surface area is 149 Å². The van der Waals surface area contributed by atoms with Crippen molar-refractivity contribution in [2.24, 2.45) is 15.0 Å². The minimum Gasteiger partial charge on any atom is -0.287 e. The van der Waals surface area contributed by atoms with Crippen LogP contribution in [0.15, 0.2) is 69.2 Å². The first kappa shape index (κ1) is 17.0. The average Bonchev–Trinajstić information content (AvgIpc) is 3.03. The molecule has 0 saturated carbocycles. The van der Waals surface area contributed by atoms with E-state index < -0.39 is 0 Å². The molecule has 0 spiro atoms. The van der Waals surface area contributed by atoms with Crippen LogP contribution in [0.2, 0.25) is 0 Å². The summed E-state index contributed by atoms with van der Waals surface area (Å²) >= 11 is 0. The summed E-state index contributed by atoms with van der Waals surface area (Å²) < 4.78 is 0. The SMILES string of the molecule is Cc1cc(C)c(N=CC2=CCC(C=NCc3ccccc3)=N2)c(C)c1. The van der Waals surface area contributed by atoms with Crippen LogP contribution in [0.4, 0.5) is 5.69 Å². The number of benzene rings is 2. The molecular weight excluding hydrogens is 306 g/mol. The number of hydrogen-bond donors (Lipinski definition) is 0. The number of aryl methyl sites for hydroxylation is 3. The molecule has 3 nitrogen and oxygen atoms in total. The van der Waals surface area contributed by atoms with Crippen molar-refractivity contribution in [3.05, 3.63) is 76.5 Å². The summed E-state index contributed by atoms with van der Waals surface area (Å²) in [5.41, 5.74) is 7.78. The van der Waals surface area contributed by atoms with Crippen molar-refractivity contribution in [3.63, 3.8) is 0 Å². The van der Waals surface area contributed by atoms with Gasteiger partial charge in [0.15, 0.2) is 0 Å². The van der Waals surface area contributed by atoms with Gasteiger partial charge in [0.2, 0.25) is 0 Å². The van der Waals surface area contributed by atoms with Crippen LogP contribution in [0.1, 0.15) is 28.7 Å². The number of hydrogen-bond acceptors (Lipinski definition) is 3. The molecular formula is C22H23N3. The van der Waals surface area contributed by atoms with Crippen molar-refractivity contribution in [1.82, 2.24) is 0 Å². The quantitative estimate of drug-likeness (QED) is 0.666. The first-order valence-corrected chi connectivity index (χ1v) is 8.55. The topological polar surface area (TPSA) is 37.1 Å². The Kier molecular flexibility index (Phi) is 5.34. The highest BCUT2D eigenvalue weighted by Crippen LogP contribution is 2.25. The van der Waals surface area contributed by atoms with Crippen molar-refractivity contribution in [2.75, 3.05) is 0 Å². The van der Waals surface area contributed by atoms with Crippen LogP contribution in [-0.2, 0) is 6.54 Å². The molecule has 126 valence electrons. The van der Waals surface area contributed by atoms with Gasteiger partial charge >= 0.3 is 0 Å². The highest BCUT2D eigenvalue weighted by molar-refractivity contribution is 6.32. The molecule has 0 unspecified atom stereocenters. The second-order valence-electron chi connectivity index (χ2n) is 6.40. The largest absolute Gasteiger partial charge is 0.287 e. The smallest absolute Gasteiger partial charge is 0.0780 e. The lowest BCUT2D eigenvalue weighted by Crippen LogP contribution is -1.95. The van der Waals surface area contributed by atoms with Crippen LogP contribution >= 0.6 is 0 Å². The zero-order valence-corrected chi connectivity index (χ0v) is 15.0. The van der Waals surface area contributed by atoms with Crippen LogP contribution in [0.5, 0.6) is 0 Å². The van der Waals surface area contributed by atoms with Crippen LogP contribution < -0.4 is 0 Å². The van der Waals surface area contributed by atoms with Gasteiger partial charge in [0.1, 0.15) is 0 Å². The first-order chi connectivity index (χ1) is 12.1. The van der Waals surface area contributed by atoms with Crippen molar-refractivity contribution in [3.8, 4) is 0 Å². The predicted octanol–water partition coefficient (Wildman–Crippen LogP) is 5.31. The molecule has 3 heteroatoms. The summed E-state index contributed by atoms with van der Waals surface area (Å²) in [6.45, 7) is 6.99. The summed E-state index contributed by atoms with van der Waals surface area (Å²) in [5, 5.41) is 0. The molecule has 25 heavy (non-hydrogen) atoms. The normalized spacial score (nSPS) is 14.4. The molecule has 0 radical (unpaired) electrons. The maximum atomic E-state index is 4.65. The Morgan fingerprint density at radius 3 is 2.44 bits per heavy atom. The molecule has 1 aliphatic rings. The predicted molar refractivity (Wildman–Crippen MR) is 108 cm³/mol. The standard InChI is InChI=1S/C22H23N3/c1-16-11-17(2)22(18(3)12-16)24-15-21-10-9-20(25-21)14-23-13-19-7-5-4-6-8-19/h4-8,10-12,14-15H,9,13H2,1-3H3. The average molecular weight is 329 g/mol. The first-order valence-electron chi connectivity index (χ1n) is 8.55. The van der Waals surface area contributed by atoms with Crippen molar-refractivity contribution < 1.29 is 0 Å². The summed E-state index contributed by atoms with van der Waals surface area (Å²) in [5.74, 6) is 0. The van der Waals surface area contributed by atoms with E-state index in [4.69, 9.17) is 0 Å². The maximum Gasteiger partial charge on any atom is 0.0780 e. The van der Waals surface area contributed by atoms with Crippen LogP contribution in [-0.4, -0.2) is 18.1 Å². The second-order valence-corrected chi connectivity index (χ2v) is 6.40. The fourth-order valence-corrected chi connectivity index (χ4v) is 2.98. The third-order valence-electron chi connectivity index (χ3n) is 4.11. The Balaban J connectivity index is 1.63. The van der Waals surface area contributed by atoms with E-state index in [1.807, 2.05) is 30.6 Å². The lowest BCUT2D eigenvalue weighted by molar-refractivity contribution is 1.08. The van der Waals surface area contributed by atoms with Gasteiger partial charge in [-0.1, -0.05) is 54.1 Å². The van der Waals surface area contributed by atoms with Gasteiger partial charge in [-0.3, -0.25) is 15.0 Å². The van der Waals surface area contributed by atoms with Gasteiger partial charge in [-0.25, -0.2) is 0 Å². The zero-order valence-electron chi connectivity index (χ0n) is 15.0. The number of rotatable bonds is 5. The van der Waals surface area contributed by atoms with E-state index in [1.54, 1.807) is 0 Å². The number of aliphatic imine (C=N–C) groups is 3. The fourth-order valence-electron chi connectivity index (χ4n) is 2.98. The summed E-state index contributed by atoms with van der Waals surface area (Å²) in [6.07, 6.45) is 6.62.